The second-order valence-corrected chi connectivity index (χ2v) is 6.81. The zero-order chi connectivity index (χ0) is 7.90. The zero-order valence-electron chi connectivity index (χ0n) is 6.30. The highest BCUT2D eigenvalue weighted by Crippen LogP contribution is 2.48. The number of fused-ring (bicyclic) bond motifs is 1. The van der Waals surface area contributed by atoms with Crippen molar-refractivity contribution >= 4 is 27.7 Å². The van der Waals surface area contributed by atoms with E-state index in [1.54, 1.807) is 0 Å². The molecule has 0 aromatic heterocycles. The molecule has 2 rings (SSSR count). The summed E-state index contributed by atoms with van der Waals surface area (Å²) in [4.78, 5) is 1.42. The molecule has 0 spiro atoms. The number of hydrogen-bond acceptors (Lipinski definition) is 1. The van der Waals surface area contributed by atoms with Crippen LogP contribution in [0.15, 0.2) is 29.2 Å². The standard InChI is InChI=1S/C9H9BrS/c1-9(10)6-7-4-2-3-5-8(7)11-9/h2-5H,6H2,1H3. The number of rotatable bonds is 0. The van der Waals surface area contributed by atoms with Gasteiger partial charge in [0, 0.05) is 4.90 Å². The lowest BCUT2D eigenvalue weighted by Crippen LogP contribution is -2.06. The van der Waals surface area contributed by atoms with Gasteiger partial charge in [0.25, 0.3) is 0 Å². The first kappa shape index (κ1) is 7.69. The monoisotopic (exact) mass is 228 g/mol. The van der Waals surface area contributed by atoms with Gasteiger partial charge in [0.05, 0.1) is 3.66 Å². The molecule has 0 nitrogen and oxygen atoms in total. The highest BCUT2D eigenvalue weighted by molar-refractivity contribution is 9.11. The number of alkyl halides is 1. The van der Waals surface area contributed by atoms with Gasteiger partial charge >= 0.3 is 0 Å². The highest BCUT2D eigenvalue weighted by Gasteiger charge is 2.30. The quantitative estimate of drug-likeness (QED) is 0.614. The molecule has 0 amide bonds. The molecule has 11 heavy (non-hydrogen) atoms. The summed E-state index contributed by atoms with van der Waals surface area (Å²) in [6.07, 6.45) is 1.13. The Hall–Kier alpha value is 0.0500. The Morgan fingerprint density at radius 2 is 2.18 bits per heavy atom. The van der Waals surface area contributed by atoms with Crippen molar-refractivity contribution in [2.75, 3.05) is 0 Å². The first-order valence-corrected chi connectivity index (χ1v) is 5.24. The van der Waals surface area contributed by atoms with Crippen LogP contribution in [0, 0.1) is 0 Å². The van der Waals surface area contributed by atoms with E-state index in [4.69, 9.17) is 0 Å². The molecule has 1 atom stereocenters. The summed E-state index contributed by atoms with van der Waals surface area (Å²) < 4.78 is 0.233. The van der Waals surface area contributed by atoms with Gasteiger partial charge in [0.15, 0.2) is 0 Å². The van der Waals surface area contributed by atoms with Crippen LogP contribution < -0.4 is 0 Å². The average molecular weight is 229 g/mol. The van der Waals surface area contributed by atoms with Gasteiger partial charge in [-0.2, -0.15) is 0 Å². The zero-order valence-corrected chi connectivity index (χ0v) is 8.71. The Balaban J connectivity index is 2.41. The van der Waals surface area contributed by atoms with Crippen LogP contribution in [-0.2, 0) is 6.42 Å². The van der Waals surface area contributed by atoms with E-state index < -0.39 is 0 Å². The lowest BCUT2D eigenvalue weighted by molar-refractivity contribution is 0.915. The maximum atomic E-state index is 3.69. The summed E-state index contributed by atoms with van der Waals surface area (Å²) in [5, 5.41) is 0. The van der Waals surface area contributed by atoms with Gasteiger partial charge in [-0.05, 0) is 25.0 Å². The maximum absolute atomic E-state index is 3.69. The predicted molar refractivity (Wildman–Crippen MR) is 53.3 cm³/mol. The van der Waals surface area contributed by atoms with E-state index in [1.807, 2.05) is 11.8 Å². The van der Waals surface area contributed by atoms with Crippen LogP contribution in [0.25, 0.3) is 0 Å². The third kappa shape index (κ3) is 1.47. The van der Waals surface area contributed by atoms with Crippen LogP contribution >= 0.6 is 27.7 Å². The molecular formula is C9H9BrS. The minimum Gasteiger partial charge on any atom is -0.107 e. The minimum absolute atomic E-state index is 0.233. The van der Waals surface area contributed by atoms with Gasteiger partial charge in [-0.25, -0.2) is 0 Å². The SMILES string of the molecule is CC1(Br)Cc2ccccc2S1. The molecule has 1 aromatic carbocycles. The lowest BCUT2D eigenvalue weighted by atomic mass is 10.1. The molecule has 1 unspecified atom stereocenters. The Kier molecular flexibility index (Phi) is 1.77. The van der Waals surface area contributed by atoms with Gasteiger partial charge in [0.1, 0.15) is 0 Å². The molecule has 0 saturated heterocycles. The maximum Gasteiger partial charge on any atom is 0.0768 e. The van der Waals surface area contributed by atoms with Gasteiger partial charge in [-0.3, -0.25) is 0 Å². The molecule has 58 valence electrons. The summed E-state index contributed by atoms with van der Waals surface area (Å²) in [6, 6.07) is 8.59. The van der Waals surface area contributed by atoms with Crippen LogP contribution in [0.1, 0.15) is 12.5 Å². The number of hydrogen-bond donors (Lipinski definition) is 0. The van der Waals surface area contributed by atoms with Crippen molar-refractivity contribution in [3.05, 3.63) is 29.8 Å². The van der Waals surface area contributed by atoms with Crippen LogP contribution in [0.3, 0.4) is 0 Å². The number of thioether (sulfide) groups is 1. The second-order valence-electron chi connectivity index (χ2n) is 2.99. The van der Waals surface area contributed by atoms with Gasteiger partial charge in [0.2, 0.25) is 0 Å². The van der Waals surface area contributed by atoms with Crippen molar-refractivity contribution in [3.63, 3.8) is 0 Å². The molecule has 1 aliphatic heterocycles. The van der Waals surface area contributed by atoms with E-state index in [0.717, 1.165) is 6.42 Å². The van der Waals surface area contributed by atoms with Crippen LogP contribution in [0.2, 0.25) is 0 Å². The molecule has 1 aliphatic rings. The van der Waals surface area contributed by atoms with Gasteiger partial charge in [-0.15, -0.1) is 11.8 Å². The van der Waals surface area contributed by atoms with Crippen molar-refractivity contribution in [3.8, 4) is 0 Å². The lowest BCUT2D eigenvalue weighted by Gasteiger charge is -2.10. The molecule has 1 aromatic rings. The minimum atomic E-state index is 0.233. The molecule has 2 heteroatoms. The van der Waals surface area contributed by atoms with Crippen molar-refractivity contribution in [2.45, 2.75) is 21.9 Å². The van der Waals surface area contributed by atoms with Crippen molar-refractivity contribution in [2.24, 2.45) is 0 Å². The second kappa shape index (κ2) is 2.53. The van der Waals surface area contributed by atoms with E-state index in [0.29, 0.717) is 0 Å². The Bertz CT molecular complexity index is 254. The van der Waals surface area contributed by atoms with Crippen LogP contribution in [0.5, 0.6) is 0 Å². The van der Waals surface area contributed by atoms with Crippen molar-refractivity contribution < 1.29 is 0 Å². The number of benzene rings is 1. The van der Waals surface area contributed by atoms with Gasteiger partial charge in [-0.1, -0.05) is 34.1 Å². The Morgan fingerprint density at radius 3 is 2.91 bits per heavy atom. The Morgan fingerprint density at radius 1 is 1.45 bits per heavy atom. The molecule has 1 heterocycles. The summed E-state index contributed by atoms with van der Waals surface area (Å²) >= 11 is 5.60. The van der Waals surface area contributed by atoms with Gasteiger partial charge < -0.3 is 0 Å². The largest absolute Gasteiger partial charge is 0.107 e. The van der Waals surface area contributed by atoms with E-state index >= 15 is 0 Å². The van der Waals surface area contributed by atoms with E-state index in [9.17, 15) is 0 Å². The van der Waals surface area contributed by atoms with Crippen molar-refractivity contribution in [1.29, 1.82) is 0 Å². The predicted octanol–water partition coefficient (Wildman–Crippen LogP) is 3.45. The van der Waals surface area contributed by atoms with E-state index in [-0.39, 0.29) is 3.66 Å². The average Bonchev–Trinajstić information content (AvgIpc) is 2.21. The van der Waals surface area contributed by atoms with Crippen molar-refractivity contribution in [1.82, 2.24) is 0 Å². The summed E-state index contributed by atoms with van der Waals surface area (Å²) in [5.41, 5.74) is 1.47. The highest BCUT2D eigenvalue weighted by atomic mass is 79.9. The summed E-state index contributed by atoms with van der Waals surface area (Å²) in [6.45, 7) is 2.22. The fraction of sp³-hybridized carbons (Fsp3) is 0.333. The molecule has 0 fully saturated rings. The van der Waals surface area contributed by atoms with E-state index in [2.05, 4.69) is 47.1 Å². The molecule has 0 saturated carbocycles. The number of halogens is 1. The molecule has 0 N–H and O–H groups in total. The molecular weight excluding hydrogens is 220 g/mol. The summed E-state index contributed by atoms with van der Waals surface area (Å²) in [7, 11) is 0. The fourth-order valence-electron chi connectivity index (χ4n) is 1.35. The smallest absolute Gasteiger partial charge is 0.0768 e. The molecule has 0 aliphatic carbocycles. The first-order valence-electron chi connectivity index (χ1n) is 3.63. The van der Waals surface area contributed by atoms with E-state index in [1.165, 1.54) is 10.5 Å². The van der Waals surface area contributed by atoms with Crippen LogP contribution in [-0.4, -0.2) is 3.66 Å². The normalized spacial score (nSPS) is 28.5. The third-order valence-electron chi connectivity index (χ3n) is 1.80. The molecule has 0 radical (unpaired) electrons. The fourth-order valence-corrected chi connectivity index (χ4v) is 3.28. The van der Waals surface area contributed by atoms with Crippen LogP contribution in [0.4, 0.5) is 0 Å². The first-order chi connectivity index (χ1) is 5.17. The molecule has 0 bridgehead atoms. The topological polar surface area (TPSA) is 0 Å². The summed E-state index contributed by atoms with van der Waals surface area (Å²) in [5.74, 6) is 0. The Labute approximate surface area is 79.5 Å². The third-order valence-corrected chi connectivity index (χ3v) is 3.76.